The van der Waals surface area contributed by atoms with E-state index in [-0.39, 0.29) is 5.97 Å². The van der Waals surface area contributed by atoms with Crippen molar-refractivity contribution in [3.05, 3.63) is 48.0 Å². The number of carbonyl (C=O) groups excluding carboxylic acids is 1. The first-order valence-electron chi connectivity index (χ1n) is 5.33. The summed E-state index contributed by atoms with van der Waals surface area (Å²) in [4.78, 5) is 10.9. The third kappa shape index (κ3) is 2.46. The average molecular weight is 224 g/mol. The Morgan fingerprint density at radius 2 is 1.94 bits per heavy atom. The smallest absolute Gasteiger partial charge is 0.304 e. The second-order valence-electron chi connectivity index (χ2n) is 3.76. The molecule has 1 atom stereocenters. The first-order chi connectivity index (χ1) is 8.20. The van der Waals surface area contributed by atoms with Gasteiger partial charge in [-0.15, -0.1) is 6.42 Å². The van der Waals surface area contributed by atoms with Crippen LogP contribution in [0.3, 0.4) is 0 Å². The van der Waals surface area contributed by atoms with Gasteiger partial charge in [0.25, 0.3) is 0 Å². The second-order valence-corrected chi connectivity index (χ2v) is 3.76. The Balaban J connectivity index is 2.41. The van der Waals surface area contributed by atoms with Gasteiger partial charge in [-0.2, -0.15) is 0 Å². The van der Waals surface area contributed by atoms with Gasteiger partial charge in [-0.05, 0) is 16.8 Å². The molecule has 2 nitrogen and oxygen atoms in total. The van der Waals surface area contributed by atoms with Crippen LogP contribution in [0.25, 0.3) is 10.8 Å². The highest BCUT2D eigenvalue weighted by molar-refractivity contribution is 5.83. The fourth-order valence-corrected chi connectivity index (χ4v) is 1.74. The first-order valence-corrected chi connectivity index (χ1v) is 5.33. The third-order valence-electron chi connectivity index (χ3n) is 2.51. The molecule has 0 aromatic heterocycles. The van der Waals surface area contributed by atoms with Gasteiger partial charge in [0, 0.05) is 12.5 Å². The molecular weight excluding hydrogens is 212 g/mol. The van der Waals surface area contributed by atoms with Gasteiger partial charge in [-0.3, -0.25) is 4.79 Å². The average Bonchev–Trinajstić information content (AvgIpc) is 2.35. The SMILES string of the molecule is C#CC(OC(C)=O)c1ccc2ccccc2c1. The van der Waals surface area contributed by atoms with Crippen molar-refractivity contribution in [2.75, 3.05) is 0 Å². The van der Waals surface area contributed by atoms with Crippen LogP contribution in [-0.2, 0) is 9.53 Å². The number of esters is 1. The molecule has 0 amide bonds. The number of fused-ring (bicyclic) bond motifs is 1. The fourth-order valence-electron chi connectivity index (χ4n) is 1.74. The summed E-state index contributed by atoms with van der Waals surface area (Å²) in [5.74, 6) is 2.10. The summed E-state index contributed by atoms with van der Waals surface area (Å²) in [6.45, 7) is 1.35. The van der Waals surface area contributed by atoms with Gasteiger partial charge in [0.1, 0.15) is 0 Å². The van der Waals surface area contributed by atoms with E-state index in [0.717, 1.165) is 16.3 Å². The van der Waals surface area contributed by atoms with Crippen molar-refractivity contribution in [3.8, 4) is 12.3 Å². The van der Waals surface area contributed by atoms with E-state index in [1.807, 2.05) is 42.5 Å². The molecule has 0 heterocycles. The van der Waals surface area contributed by atoms with Crippen LogP contribution in [0.1, 0.15) is 18.6 Å². The molecule has 0 aliphatic rings. The van der Waals surface area contributed by atoms with E-state index in [2.05, 4.69) is 5.92 Å². The number of ether oxygens (including phenoxy) is 1. The van der Waals surface area contributed by atoms with Crippen LogP contribution in [0.2, 0.25) is 0 Å². The summed E-state index contributed by atoms with van der Waals surface area (Å²) in [5.41, 5.74) is 0.821. The zero-order valence-corrected chi connectivity index (χ0v) is 9.51. The quantitative estimate of drug-likeness (QED) is 0.579. The minimum Gasteiger partial charge on any atom is -0.444 e. The van der Waals surface area contributed by atoms with Crippen molar-refractivity contribution in [3.63, 3.8) is 0 Å². The fraction of sp³-hybridized carbons (Fsp3) is 0.133. The molecule has 0 bridgehead atoms. The molecule has 0 radical (unpaired) electrons. The van der Waals surface area contributed by atoms with E-state index >= 15 is 0 Å². The Morgan fingerprint density at radius 3 is 2.59 bits per heavy atom. The maximum absolute atomic E-state index is 10.9. The summed E-state index contributed by atoms with van der Waals surface area (Å²) < 4.78 is 5.06. The van der Waals surface area contributed by atoms with E-state index in [1.54, 1.807) is 0 Å². The molecule has 0 N–H and O–H groups in total. The monoisotopic (exact) mass is 224 g/mol. The number of hydrogen-bond donors (Lipinski definition) is 0. The van der Waals surface area contributed by atoms with Gasteiger partial charge in [0.05, 0.1) is 0 Å². The van der Waals surface area contributed by atoms with Crippen molar-refractivity contribution in [1.29, 1.82) is 0 Å². The molecule has 2 rings (SSSR count). The van der Waals surface area contributed by atoms with Gasteiger partial charge in [0.15, 0.2) is 6.10 Å². The molecule has 2 aromatic carbocycles. The van der Waals surface area contributed by atoms with Crippen LogP contribution in [0.15, 0.2) is 42.5 Å². The summed E-state index contributed by atoms with van der Waals surface area (Å²) >= 11 is 0. The van der Waals surface area contributed by atoms with E-state index < -0.39 is 6.10 Å². The highest BCUT2D eigenvalue weighted by Gasteiger charge is 2.11. The van der Waals surface area contributed by atoms with Crippen LogP contribution in [-0.4, -0.2) is 5.97 Å². The van der Waals surface area contributed by atoms with Gasteiger partial charge >= 0.3 is 5.97 Å². The summed E-state index contributed by atoms with van der Waals surface area (Å²) in [6, 6.07) is 13.8. The molecule has 2 aromatic rings. The van der Waals surface area contributed by atoms with Crippen LogP contribution in [0.4, 0.5) is 0 Å². The maximum Gasteiger partial charge on any atom is 0.304 e. The highest BCUT2D eigenvalue weighted by Crippen LogP contribution is 2.22. The van der Waals surface area contributed by atoms with Gasteiger partial charge in [-0.25, -0.2) is 0 Å². The van der Waals surface area contributed by atoms with E-state index in [4.69, 9.17) is 11.2 Å². The van der Waals surface area contributed by atoms with Crippen molar-refractivity contribution in [1.82, 2.24) is 0 Å². The molecule has 0 fully saturated rings. The summed E-state index contributed by atoms with van der Waals surface area (Å²) in [6.07, 6.45) is 4.76. The molecule has 0 saturated heterocycles. The Bertz CT molecular complexity index is 593. The molecule has 17 heavy (non-hydrogen) atoms. The number of carbonyl (C=O) groups is 1. The Kier molecular flexibility index (Phi) is 3.11. The zero-order valence-electron chi connectivity index (χ0n) is 9.51. The summed E-state index contributed by atoms with van der Waals surface area (Å²) in [5, 5.41) is 2.22. The number of terminal acetylenes is 1. The minimum absolute atomic E-state index is 0.374. The van der Waals surface area contributed by atoms with E-state index in [9.17, 15) is 4.79 Å². The second kappa shape index (κ2) is 4.71. The lowest BCUT2D eigenvalue weighted by molar-refractivity contribution is -0.144. The minimum atomic E-state index is -0.614. The lowest BCUT2D eigenvalue weighted by Gasteiger charge is -2.11. The molecule has 0 aliphatic heterocycles. The van der Waals surface area contributed by atoms with Crippen molar-refractivity contribution < 1.29 is 9.53 Å². The molecule has 0 aliphatic carbocycles. The molecule has 84 valence electrons. The standard InChI is InChI=1S/C15H12O2/c1-3-15(17-11(2)16)14-9-8-12-6-4-5-7-13(12)10-14/h1,4-10,15H,2H3. The van der Waals surface area contributed by atoms with Crippen LogP contribution >= 0.6 is 0 Å². The Labute approximate surface area is 100 Å². The van der Waals surface area contributed by atoms with Gasteiger partial charge in [-0.1, -0.05) is 42.3 Å². The molecule has 1 unspecified atom stereocenters. The lowest BCUT2D eigenvalue weighted by Crippen LogP contribution is -2.06. The predicted octanol–water partition coefficient (Wildman–Crippen LogP) is 3.08. The normalized spacial score (nSPS) is 11.8. The van der Waals surface area contributed by atoms with E-state index in [1.165, 1.54) is 6.92 Å². The molecule has 2 heteroatoms. The van der Waals surface area contributed by atoms with Crippen molar-refractivity contribution in [2.45, 2.75) is 13.0 Å². The molecule has 0 saturated carbocycles. The summed E-state index contributed by atoms with van der Waals surface area (Å²) in [7, 11) is 0. The van der Waals surface area contributed by atoms with E-state index in [0.29, 0.717) is 0 Å². The maximum atomic E-state index is 10.9. The molecular formula is C15H12O2. The predicted molar refractivity (Wildman–Crippen MR) is 67.3 cm³/mol. The number of benzene rings is 2. The Hall–Kier alpha value is -2.27. The van der Waals surface area contributed by atoms with Crippen LogP contribution < -0.4 is 0 Å². The van der Waals surface area contributed by atoms with Crippen molar-refractivity contribution >= 4 is 16.7 Å². The topological polar surface area (TPSA) is 26.3 Å². The first kappa shape index (κ1) is 11.2. The van der Waals surface area contributed by atoms with Gasteiger partial charge < -0.3 is 4.74 Å². The Morgan fingerprint density at radius 1 is 1.24 bits per heavy atom. The molecule has 0 spiro atoms. The number of hydrogen-bond acceptors (Lipinski definition) is 2. The highest BCUT2D eigenvalue weighted by atomic mass is 16.5. The lowest BCUT2D eigenvalue weighted by atomic mass is 10.0. The third-order valence-corrected chi connectivity index (χ3v) is 2.51. The zero-order chi connectivity index (χ0) is 12.3. The van der Waals surface area contributed by atoms with Gasteiger partial charge in [0.2, 0.25) is 0 Å². The van der Waals surface area contributed by atoms with Crippen LogP contribution in [0, 0.1) is 12.3 Å². The van der Waals surface area contributed by atoms with Crippen molar-refractivity contribution in [2.24, 2.45) is 0 Å². The largest absolute Gasteiger partial charge is 0.444 e. The number of rotatable bonds is 2. The van der Waals surface area contributed by atoms with Crippen LogP contribution in [0.5, 0.6) is 0 Å².